The van der Waals surface area contributed by atoms with Crippen molar-refractivity contribution in [2.45, 2.75) is 26.3 Å². The van der Waals surface area contributed by atoms with Gasteiger partial charge in [0.1, 0.15) is 0 Å². The number of hydrogen-bond donors (Lipinski definition) is 2. The molecule has 1 aliphatic heterocycles. The van der Waals surface area contributed by atoms with Crippen LogP contribution in [-0.4, -0.2) is 61.6 Å². The molecule has 1 unspecified atom stereocenters. The Bertz CT molecular complexity index is 784. The van der Waals surface area contributed by atoms with Gasteiger partial charge in [0.15, 0.2) is 0 Å². The molecule has 0 saturated carbocycles. The van der Waals surface area contributed by atoms with Crippen LogP contribution in [0.25, 0.3) is 11.1 Å². The third-order valence-corrected chi connectivity index (χ3v) is 5.59. The average molecular weight is 381 g/mol. The van der Waals surface area contributed by atoms with E-state index in [1.807, 2.05) is 30.3 Å². The molecule has 1 heterocycles. The molecule has 150 valence electrons. The van der Waals surface area contributed by atoms with Crippen molar-refractivity contribution in [2.24, 2.45) is 0 Å². The third-order valence-electron chi connectivity index (χ3n) is 5.59. The summed E-state index contributed by atoms with van der Waals surface area (Å²) >= 11 is 0. The SMILES string of the molecule is Cc1ccccc1-c1cccc(NC(=O)NCCC(C)N2CCN(C)CC2)c1. The number of nitrogens with zero attached hydrogens (tertiary/aromatic N) is 2. The highest BCUT2D eigenvalue weighted by Gasteiger charge is 2.18. The summed E-state index contributed by atoms with van der Waals surface area (Å²) in [5, 5.41) is 5.95. The number of nitrogens with one attached hydrogen (secondary N) is 2. The lowest BCUT2D eigenvalue weighted by molar-refractivity contribution is 0.115. The molecule has 5 heteroatoms. The van der Waals surface area contributed by atoms with E-state index in [1.54, 1.807) is 0 Å². The van der Waals surface area contributed by atoms with Crippen LogP contribution in [-0.2, 0) is 0 Å². The van der Waals surface area contributed by atoms with Crippen LogP contribution >= 0.6 is 0 Å². The fourth-order valence-electron chi connectivity index (χ4n) is 3.68. The van der Waals surface area contributed by atoms with Gasteiger partial charge in [0.2, 0.25) is 0 Å². The normalized spacial score (nSPS) is 16.5. The summed E-state index contributed by atoms with van der Waals surface area (Å²) in [5.74, 6) is 0. The Morgan fingerprint density at radius 1 is 1.07 bits per heavy atom. The van der Waals surface area contributed by atoms with Crippen LogP contribution in [0.5, 0.6) is 0 Å². The zero-order valence-electron chi connectivity index (χ0n) is 17.2. The Morgan fingerprint density at radius 3 is 2.57 bits per heavy atom. The topological polar surface area (TPSA) is 47.6 Å². The van der Waals surface area contributed by atoms with E-state index in [9.17, 15) is 4.79 Å². The quantitative estimate of drug-likeness (QED) is 0.801. The van der Waals surface area contributed by atoms with Gasteiger partial charge in [0.25, 0.3) is 0 Å². The number of aryl methyl sites for hydroxylation is 1. The molecular formula is C23H32N4O. The molecule has 1 saturated heterocycles. The number of amides is 2. The lowest BCUT2D eigenvalue weighted by Crippen LogP contribution is -2.48. The third kappa shape index (κ3) is 5.57. The van der Waals surface area contributed by atoms with Gasteiger partial charge in [-0.15, -0.1) is 0 Å². The van der Waals surface area contributed by atoms with Crippen molar-refractivity contribution in [1.29, 1.82) is 0 Å². The van der Waals surface area contributed by atoms with Crippen LogP contribution < -0.4 is 10.6 Å². The Morgan fingerprint density at radius 2 is 1.82 bits per heavy atom. The first-order valence-corrected chi connectivity index (χ1v) is 10.2. The molecule has 5 nitrogen and oxygen atoms in total. The van der Waals surface area contributed by atoms with E-state index in [0.29, 0.717) is 12.6 Å². The van der Waals surface area contributed by atoms with Gasteiger partial charge in [-0.2, -0.15) is 0 Å². The second-order valence-corrected chi connectivity index (χ2v) is 7.75. The molecule has 1 atom stereocenters. The second-order valence-electron chi connectivity index (χ2n) is 7.75. The minimum atomic E-state index is -0.146. The average Bonchev–Trinajstić information content (AvgIpc) is 2.69. The maximum atomic E-state index is 12.3. The van der Waals surface area contributed by atoms with Crippen molar-refractivity contribution in [3.8, 4) is 11.1 Å². The minimum Gasteiger partial charge on any atom is -0.338 e. The number of rotatable bonds is 6. The summed E-state index contributed by atoms with van der Waals surface area (Å²) in [7, 11) is 2.17. The molecular weight excluding hydrogens is 348 g/mol. The first kappa shape index (κ1) is 20.4. The number of anilines is 1. The van der Waals surface area contributed by atoms with E-state index in [-0.39, 0.29) is 6.03 Å². The highest BCUT2D eigenvalue weighted by atomic mass is 16.2. The lowest BCUT2D eigenvalue weighted by atomic mass is 10.0. The number of piperazine rings is 1. The van der Waals surface area contributed by atoms with Gasteiger partial charge in [-0.1, -0.05) is 36.4 Å². The predicted octanol–water partition coefficient (Wildman–Crippen LogP) is 3.81. The zero-order valence-corrected chi connectivity index (χ0v) is 17.2. The number of carbonyl (C=O) groups excluding carboxylic acids is 1. The van der Waals surface area contributed by atoms with E-state index in [1.165, 1.54) is 11.1 Å². The van der Waals surface area contributed by atoms with E-state index < -0.39 is 0 Å². The monoisotopic (exact) mass is 380 g/mol. The molecule has 0 aliphatic carbocycles. The van der Waals surface area contributed by atoms with Crippen molar-refractivity contribution < 1.29 is 4.79 Å². The minimum absolute atomic E-state index is 0.146. The number of benzene rings is 2. The molecule has 2 amide bonds. The number of hydrogen-bond acceptors (Lipinski definition) is 3. The van der Waals surface area contributed by atoms with Gasteiger partial charge >= 0.3 is 6.03 Å². The van der Waals surface area contributed by atoms with Crippen LogP contribution in [0.15, 0.2) is 48.5 Å². The highest BCUT2D eigenvalue weighted by molar-refractivity contribution is 5.90. The zero-order chi connectivity index (χ0) is 19.9. The van der Waals surface area contributed by atoms with E-state index in [0.717, 1.165) is 43.9 Å². The first-order valence-electron chi connectivity index (χ1n) is 10.2. The Balaban J connectivity index is 1.47. The standard InChI is InChI=1S/C23H32N4O/c1-18-7-4-5-10-22(18)20-8-6-9-21(17-20)25-23(28)24-12-11-19(2)27-15-13-26(3)14-16-27/h4-10,17,19H,11-16H2,1-3H3,(H2,24,25,28). The Kier molecular flexibility index (Phi) is 7.06. The first-order chi connectivity index (χ1) is 13.5. The van der Waals surface area contributed by atoms with E-state index in [4.69, 9.17) is 0 Å². The van der Waals surface area contributed by atoms with Crippen LogP contribution in [0, 0.1) is 6.92 Å². The van der Waals surface area contributed by atoms with Crippen LogP contribution in [0.1, 0.15) is 18.9 Å². The molecule has 28 heavy (non-hydrogen) atoms. The molecule has 0 radical (unpaired) electrons. The second kappa shape index (κ2) is 9.71. The molecule has 2 aromatic rings. The molecule has 0 aromatic heterocycles. The largest absolute Gasteiger partial charge is 0.338 e. The van der Waals surface area contributed by atoms with E-state index >= 15 is 0 Å². The van der Waals surface area contributed by atoms with Gasteiger partial charge in [-0.05, 0) is 56.1 Å². The van der Waals surface area contributed by atoms with Crippen molar-refractivity contribution in [2.75, 3.05) is 45.1 Å². The smallest absolute Gasteiger partial charge is 0.319 e. The lowest BCUT2D eigenvalue weighted by Gasteiger charge is -2.36. The molecule has 2 aromatic carbocycles. The van der Waals surface area contributed by atoms with Crippen LogP contribution in [0.4, 0.5) is 10.5 Å². The van der Waals surface area contributed by atoms with Crippen molar-refractivity contribution in [1.82, 2.24) is 15.1 Å². The fraction of sp³-hybridized carbons (Fsp3) is 0.435. The maximum Gasteiger partial charge on any atom is 0.319 e. The van der Waals surface area contributed by atoms with Gasteiger partial charge in [0.05, 0.1) is 0 Å². The summed E-state index contributed by atoms with van der Waals surface area (Å²) < 4.78 is 0. The fourth-order valence-corrected chi connectivity index (χ4v) is 3.68. The van der Waals surface area contributed by atoms with Gasteiger partial charge in [-0.25, -0.2) is 4.79 Å². The molecule has 2 N–H and O–H groups in total. The van der Waals surface area contributed by atoms with Crippen LogP contribution in [0.3, 0.4) is 0 Å². The van der Waals surface area contributed by atoms with Gasteiger partial charge in [-0.3, -0.25) is 4.90 Å². The number of urea groups is 1. The summed E-state index contributed by atoms with van der Waals surface area (Å²) in [4.78, 5) is 17.2. The summed E-state index contributed by atoms with van der Waals surface area (Å²) in [6, 6.07) is 16.6. The molecule has 0 spiro atoms. The van der Waals surface area contributed by atoms with Crippen molar-refractivity contribution >= 4 is 11.7 Å². The highest BCUT2D eigenvalue weighted by Crippen LogP contribution is 2.25. The molecule has 3 rings (SSSR count). The Hall–Kier alpha value is -2.37. The maximum absolute atomic E-state index is 12.3. The molecule has 1 aliphatic rings. The van der Waals surface area contributed by atoms with Crippen molar-refractivity contribution in [3.05, 3.63) is 54.1 Å². The van der Waals surface area contributed by atoms with Crippen LogP contribution in [0.2, 0.25) is 0 Å². The summed E-state index contributed by atoms with van der Waals surface area (Å²) in [6.07, 6.45) is 0.959. The van der Waals surface area contributed by atoms with Gasteiger partial charge in [0, 0.05) is 44.5 Å². The Labute approximate surface area is 168 Å². The van der Waals surface area contributed by atoms with E-state index in [2.05, 4.69) is 59.5 Å². The molecule has 1 fully saturated rings. The number of likely N-dealkylation sites (N-methyl/N-ethyl adjacent to an activating group) is 1. The van der Waals surface area contributed by atoms with Gasteiger partial charge < -0.3 is 15.5 Å². The van der Waals surface area contributed by atoms with Crippen molar-refractivity contribution in [3.63, 3.8) is 0 Å². The summed E-state index contributed by atoms with van der Waals surface area (Å²) in [5.41, 5.74) is 4.33. The predicted molar refractivity (Wildman–Crippen MR) is 117 cm³/mol. The number of carbonyl (C=O) groups is 1. The molecule has 0 bridgehead atoms. The summed E-state index contributed by atoms with van der Waals surface area (Å²) in [6.45, 7) is 9.48.